The van der Waals surface area contributed by atoms with Crippen molar-refractivity contribution in [3.63, 3.8) is 0 Å². The fourth-order valence-electron chi connectivity index (χ4n) is 3.49. The molecule has 176 valence electrons. The van der Waals surface area contributed by atoms with Gasteiger partial charge >= 0.3 is 5.97 Å². The zero-order valence-electron chi connectivity index (χ0n) is 19.6. The molecule has 1 aromatic heterocycles. The lowest BCUT2D eigenvalue weighted by molar-refractivity contribution is -0.139. The highest BCUT2D eigenvalue weighted by molar-refractivity contribution is 5.76. The van der Waals surface area contributed by atoms with Gasteiger partial charge in [0, 0.05) is 18.8 Å². The second-order valence-corrected chi connectivity index (χ2v) is 8.13. The number of ether oxygens (including phenoxy) is 2. The predicted molar refractivity (Wildman–Crippen MR) is 127 cm³/mol. The molecule has 0 aliphatic carbocycles. The molecule has 32 heavy (non-hydrogen) atoms. The Labute approximate surface area is 192 Å². The summed E-state index contributed by atoms with van der Waals surface area (Å²) in [6.07, 6.45) is 12.6. The van der Waals surface area contributed by atoms with Crippen molar-refractivity contribution in [2.24, 2.45) is 0 Å². The smallest absolute Gasteiger partial charge is 0.310 e. The molecule has 0 aliphatic rings. The SMILES string of the molecule is CCCCCOCCCCOc1cnc(-c2ccc(C(CCCCC)C(=O)O)cc2)nc1. The fourth-order valence-corrected chi connectivity index (χ4v) is 3.49. The van der Waals surface area contributed by atoms with Gasteiger partial charge in [-0.05, 0) is 31.2 Å². The molecule has 6 heteroatoms. The molecule has 6 nitrogen and oxygen atoms in total. The Morgan fingerprint density at radius 3 is 2.09 bits per heavy atom. The minimum Gasteiger partial charge on any atom is -0.490 e. The van der Waals surface area contributed by atoms with E-state index in [2.05, 4.69) is 23.8 Å². The number of carboxylic acids is 1. The highest BCUT2D eigenvalue weighted by atomic mass is 16.5. The molecular formula is C26H38N2O4. The Morgan fingerprint density at radius 2 is 1.47 bits per heavy atom. The Hall–Kier alpha value is -2.47. The van der Waals surface area contributed by atoms with Crippen LogP contribution in [0.4, 0.5) is 0 Å². The first-order chi connectivity index (χ1) is 15.7. The lowest BCUT2D eigenvalue weighted by atomic mass is 9.92. The van der Waals surface area contributed by atoms with Gasteiger partial charge in [-0.1, -0.05) is 70.2 Å². The van der Waals surface area contributed by atoms with Gasteiger partial charge in [-0.25, -0.2) is 9.97 Å². The van der Waals surface area contributed by atoms with Crippen LogP contribution in [0.15, 0.2) is 36.7 Å². The topological polar surface area (TPSA) is 81.5 Å². The summed E-state index contributed by atoms with van der Waals surface area (Å²) in [5.41, 5.74) is 1.69. The number of carbonyl (C=O) groups is 1. The van der Waals surface area contributed by atoms with E-state index in [1.165, 1.54) is 12.8 Å². The van der Waals surface area contributed by atoms with Gasteiger partial charge in [0.2, 0.25) is 0 Å². The van der Waals surface area contributed by atoms with E-state index in [4.69, 9.17) is 9.47 Å². The van der Waals surface area contributed by atoms with Crippen LogP contribution < -0.4 is 4.74 Å². The predicted octanol–water partition coefficient (Wildman–Crippen LogP) is 6.26. The molecule has 1 unspecified atom stereocenters. The number of hydrogen-bond acceptors (Lipinski definition) is 5. The van der Waals surface area contributed by atoms with Crippen LogP contribution in [-0.4, -0.2) is 40.9 Å². The first kappa shape index (κ1) is 25.8. The van der Waals surface area contributed by atoms with Crippen LogP contribution in [0.25, 0.3) is 11.4 Å². The second-order valence-electron chi connectivity index (χ2n) is 8.13. The summed E-state index contributed by atoms with van der Waals surface area (Å²) in [7, 11) is 0. The number of unbranched alkanes of at least 4 members (excludes halogenated alkanes) is 5. The van der Waals surface area contributed by atoms with E-state index in [9.17, 15) is 9.90 Å². The number of hydrogen-bond donors (Lipinski definition) is 1. The number of carboxylic acid groups (broad SMARTS) is 1. The number of benzene rings is 1. The summed E-state index contributed by atoms with van der Waals surface area (Å²) in [4.78, 5) is 20.4. The normalized spacial score (nSPS) is 11.9. The van der Waals surface area contributed by atoms with Gasteiger partial charge in [-0.2, -0.15) is 0 Å². The number of nitrogens with zero attached hydrogens (tertiary/aromatic N) is 2. The maximum Gasteiger partial charge on any atom is 0.310 e. The van der Waals surface area contributed by atoms with Gasteiger partial charge in [0.25, 0.3) is 0 Å². The molecule has 0 radical (unpaired) electrons. The standard InChI is InChI=1S/C26H38N2O4/c1-3-5-7-11-24(26(29)30)21-12-14-22(15-13-21)25-27-19-23(20-28-25)32-18-10-9-17-31-16-8-6-4-2/h12-15,19-20,24H,3-11,16-18H2,1-2H3,(H,29,30). The quantitative estimate of drug-likeness (QED) is 0.291. The van der Waals surface area contributed by atoms with Gasteiger partial charge in [-0.3, -0.25) is 4.79 Å². The largest absolute Gasteiger partial charge is 0.490 e. The van der Waals surface area contributed by atoms with E-state index in [1.807, 2.05) is 24.3 Å². The summed E-state index contributed by atoms with van der Waals surface area (Å²) in [6, 6.07) is 7.53. The molecule has 0 saturated carbocycles. The van der Waals surface area contributed by atoms with Gasteiger partial charge in [0.15, 0.2) is 11.6 Å². The summed E-state index contributed by atoms with van der Waals surface area (Å²) in [5.74, 6) is 0.0158. The van der Waals surface area contributed by atoms with E-state index in [-0.39, 0.29) is 0 Å². The lowest BCUT2D eigenvalue weighted by Crippen LogP contribution is -2.11. The maximum atomic E-state index is 11.6. The van der Waals surface area contributed by atoms with Crippen LogP contribution in [0.2, 0.25) is 0 Å². The zero-order chi connectivity index (χ0) is 23.0. The average Bonchev–Trinajstić information content (AvgIpc) is 2.81. The second kappa shape index (κ2) is 15.4. The number of rotatable bonds is 17. The molecule has 1 heterocycles. The van der Waals surface area contributed by atoms with E-state index in [1.54, 1.807) is 12.4 Å². The third-order valence-electron chi connectivity index (χ3n) is 5.44. The minimum absolute atomic E-state index is 0.464. The molecule has 1 atom stereocenters. The minimum atomic E-state index is -0.769. The van der Waals surface area contributed by atoms with Crippen LogP contribution in [-0.2, 0) is 9.53 Å². The number of aliphatic carboxylic acids is 1. The fraction of sp³-hybridized carbons (Fsp3) is 0.577. The van der Waals surface area contributed by atoms with Crippen LogP contribution >= 0.6 is 0 Å². The van der Waals surface area contributed by atoms with E-state index >= 15 is 0 Å². The first-order valence-electron chi connectivity index (χ1n) is 12.0. The maximum absolute atomic E-state index is 11.6. The molecule has 1 aromatic carbocycles. The van der Waals surface area contributed by atoms with Crippen molar-refractivity contribution in [2.75, 3.05) is 19.8 Å². The molecule has 1 N–H and O–H groups in total. The van der Waals surface area contributed by atoms with Crippen molar-refractivity contribution in [3.8, 4) is 17.1 Å². The van der Waals surface area contributed by atoms with E-state index < -0.39 is 11.9 Å². The van der Waals surface area contributed by atoms with Gasteiger partial charge in [-0.15, -0.1) is 0 Å². The molecule has 2 rings (SSSR count). The highest BCUT2D eigenvalue weighted by Crippen LogP contribution is 2.25. The van der Waals surface area contributed by atoms with Crippen LogP contribution in [0.1, 0.15) is 83.1 Å². The van der Waals surface area contributed by atoms with E-state index in [0.29, 0.717) is 24.6 Å². The first-order valence-corrected chi connectivity index (χ1v) is 12.0. The molecule has 0 saturated heterocycles. The van der Waals surface area contributed by atoms with Gasteiger partial charge in [0.1, 0.15) is 0 Å². The molecule has 0 spiro atoms. The van der Waals surface area contributed by atoms with Gasteiger partial charge < -0.3 is 14.6 Å². The molecule has 0 amide bonds. The highest BCUT2D eigenvalue weighted by Gasteiger charge is 2.19. The summed E-state index contributed by atoms with van der Waals surface area (Å²) < 4.78 is 11.3. The summed E-state index contributed by atoms with van der Waals surface area (Å²) in [6.45, 7) is 6.55. The van der Waals surface area contributed by atoms with Crippen LogP contribution in [0, 0.1) is 0 Å². The van der Waals surface area contributed by atoms with Crippen molar-refractivity contribution in [2.45, 2.75) is 77.6 Å². The molecular weight excluding hydrogens is 404 g/mol. The average molecular weight is 443 g/mol. The Balaban J connectivity index is 1.78. The third-order valence-corrected chi connectivity index (χ3v) is 5.44. The Morgan fingerprint density at radius 1 is 0.875 bits per heavy atom. The monoisotopic (exact) mass is 442 g/mol. The molecule has 0 bridgehead atoms. The molecule has 0 aliphatic heterocycles. The van der Waals surface area contributed by atoms with Crippen molar-refractivity contribution < 1.29 is 19.4 Å². The van der Waals surface area contributed by atoms with Crippen LogP contribution in [0.5, 0.6) is 5.75 Å². The van der Waals surface area contributed by atoms with Crippen molar-refractivity contribution in [1.82, 2.24) is 9.97 Å². The lowest BCUT2D eigenvalue weighted by Gasteiger charge is -2.13. The Bertz CT molecular complexity index is 762. The van der Waals surface area contributed by atoms with Crippen molar-refractivity contribution in [1.29, 1.82) is 0 Å². The van der Waals surface area contributed by atoms with E-state index in [0.717, 1.165) is 62.9 Å². The zero-order valence-corrected chi connectivity index (χ0v) is 19.6. The summed E-state index contributed by atoms with van der Waals surface area (Å²) >= 11 is 0. The Kier molecular flexibility index (Phi) is 12.4. The van der Waals surface area contributed by atoms with Gasteiger partial charge in [0.05, 0.1) is 24.9 Å². The number of aromatic nitrogens is 2. The molecule has 0 fully saturated rings. The van der Waals surface area contributed by atoms with Crippen molar-refractivity contribution in [3.05, 3.63) is 42.2 Å². The summed E-state index contributed by atoms with van der Waals surface area (Å²) in [5, 5.41) is 9.56. The van der Waals surface area contributed by atoms with Crippen molar-refractivity contribution >= 4 is 5.97 Å². The molecule has 2 aromatic rings. The third kappa shape index (κ3) is 9.35. The van der Waals surface area contributed by atoms with Crippen LogP contribution in [0.3, 0.4) is 0 Å².